The third-order valence-electron chi connectivity index (χ3n) is 2.11. The summed E-state index contributed by atoms with van der Waals surface area (Å²) < 4.78 is 4.94. The minimum atomic E-state index is -0.174. The molecule has 0 saturated carbocycles. The van der Waals surface area contributed by atoms with Crippen LogP contribution in [0.3, 0.4) is 0 Å². The van der Waals surface area contributed by atoms with Gasteiger partial charge in [0.15, 0.2) is 0 Å². The molecule has 0 aliphatic carbocycles. The molecule has 1 fully saturated rings. The molecule has 0 unspecified atom stereocenters. The summed E-state index contributed by atoms with van der Waals surface area (Å²) in [6.07, 6.45) is 0. The van der Waals surface area contributed by atoms with Gasteiger partial charge < -0.3 is 4.74 Å². The van der Waals surface area contributed by atoms with Crippen LogP contribution in [0.15, 0.2) is 30.3 Å². The third-order valence-corrected chi connectivity index (χ3v) is 2.11. The highest BCUT2D eigenvalue weighted by molar-refractivity contribution is 5.72. The second-order valence-electron chi connectivity index (χ2n) is 3.03. The molecule has 1 aliphatic rings. The van der Waals surface area contributed by atoms with E-state index in [4.69, 9.17) is 4.74 Å². The van der Waals surface area contributed by atoms with Gasteiger partial charge >= 0.3 is 5.97 Å². The van der Waals surface area contributed by atoms with E-state index >= 15 is 0 Å². The number of morpholine rings is 1. The standard InChI is InChI=1S/C10H11NO2/c12-10-6-11-9(7-13-10)8-4-2-1-3-5-8/h1-5,9,11H,6-7H2/t9-/m1/s1. The Morgan fingerprint density at radius 3 is 2.69 bits per heavy atom. The van der Waals surface area contributed by atoms with E-state index in [0.29, 0.717) is 13.2 Å². The quantitative estimate of drug-likeness (QED) is 0.647. The van der Waals surface area contributed by atoms with Gasteiger partial charge in [-0.25, -0.2) is 0 Å². The molecule has 1 atom stereocenters. The first-order valence-electron chi connectivity index (χ1n) is 4.30. The molecule has 1 aromatic rings. The second-order valence-corrected chi connectivity index (χ2v) is 3.03. The molecule has 3 nitrogen and oxygen atoms in total. The minimum Gasteiger partial charge on any atom is -0.463 e. The Hall–Kier alpha value is -1.35. The third kappa shape index (κ3) is 1.87. The molecule has 13 heavy (non-hydrogen) atoms. The van der Waals surface area contributed by atoms with Crippen LogP contribution in [0.1, 0.15) is 11.6 Å². The molecule has 0 aromatic heterocycles. The molecule has 1 aromatic carbocycles. The summed E-state index contributed by atoms with van der Waals surface area (Å²) in [6, 6.07) is 10.1. The van der Waals surface area contributed by atoms with Gasteiger partial charge in [0, 0.05) is 0 Å². The van der Waals surface area contributed by atoms with Crippen LogP contribution in [0, 0.1) is 0 Å². The SMILES string of the molecule is O=C1CN[C@@H](c2ccccc2)CO1. The summed E-state index contributed by atoms with van der Waals surface area (Å²) in [5.74, 6) is -0.174. The Bertz CT molecular complexity index is 287. The minimum absolute atomic E-state index is 0.152. The van der Waals surface area contributed by atoms with Crippen molar-refractivity contribution in [1.29, 1.82) is 0 Å². The van der Waals surface area contributed by atoms with Gasteiger partial charge in [-0.05, 0) is 5.56 Å². The van der Waals surface area contributed by atoms with Gasteiger partial charge in [0.2, 0.25) is 0 Å². The molecule has 1 aliphatic heterocycles. The van der Waals surface area contributed by atoms with E-state index in [2.05, 4.69) is 5.32 Å². The predicted molar refractivity (Wildman–Crippen MR) is 48.1 cm³/mol. The van der Waals surface area contributed by atoms with Gasteiger partial charge in [0.05, 0.1) is 12.6 Å². The van der Waals surface area contributed by atoms with Crippen molar-refractivity contribution < 1.29 is 9.53 Å². The lowest BCUT2D eigenvalue weighted by Gasteiger charge is -2.23. The Labute approximate surface area is 76.7 Å². The molecule has 0 bridgehead atoms. The first-order valence-corrected chi connectivity index (χ1v) is 4.30. The van der Waals surface area contributed by atoms with Crippen molar-refractivity contribution in [3.05, 3.63) is 35.9 Å². The van der Waals surface area contributed by atoms with Crippen LogP contribution in [-0.4, -0.2) is 19.1 Å². The van der Waals surface area contributed by atoms with Crippen LogP contribution in [0.25, 0.3) is 0 Å². The van der Waals surface area contributed by atoms with Crippen molar-refractivity contribution >= 4 is 5.97 Å². The molecule has 1 N–H and O–H groups in total. The Morgan fingerprint density at radius 2 is 2.08 bits per heavy atom. The Kier molecular flexibility index (Phi) is 2.27. The largest absolute Gasteiger partial charge is 0.463 e. The first-order chi connectivity index (χ1) is 6.36. The number of carbonyl (C=O) groups is 1. The maximum atomic E-state index is 10.8. The lowest BCUT2D eigenvalue weighted by Crippen LogP contribution is -2.38. The number of carbonyl (C=O) groups excluding carboxylic acids is 1. The van der Waals surface area contributed by atoms with Crippen molar-refractivity contribution in [2.75, 3.05) is 13.2 Å². The van der Waals surface area contributed by atoms with Crippen LogP contribution < -0.4 is 5.32 Å². The van der Waals surface area contributed by atoms with Gasteiger partial charge in [-0.1, -0.05) is 30.3 Å². The summed E-state index contributed by atoms with van der Waals surface area (Å²) in [5, 5.41) is 3.11. The van der Waals surface area contributed by atoms with E-state index in [1.807, 2.05) is 30.3 Å². The molecule has 2 rings (SSSR count). The lowest BCUT2D eigenvalue weighted by atomic mass is 10.1. The number of benzene rings is 1. The Morgan fingerprint density at radius 1 is 1.31 bits per heavy atom. The molecule has 68 valence electrons. The average molecular weight is 177 g/mol. The Balaban J connectivity index is 2.07. The van der Waals surface area contributed by atoms with Crippen molar-refractivity contribution in [2.24, 2.45) is 0 Å². The smallest absolute Gasteiger partial charge is 0.320 e. The molecular formula is C10H11NO2. The number of rotatable bonds is 1. The molecular weight excluding hydrogens is 166 g/mol. The van der Waals surface area contributed by atoms with Gasteiger partial charge in [-0.3, -0.25) is 10.1 Å². The average Bonchev–Trinajstić information content (AvgIpc) is 2.20. The van der Waals surface area contributed by atoms with E-state index in [-0.39, 0.29) is 12.0 Å². The fraction of sp³-hybridized carbons (Fsp3) is 0.300. The van der Waals surface area contributed by atoms with E-state index in [1.54, 1.807) is 0 Å². The maximum absolute atomic E-state index is 10.8. The number of nitrogens with one attached hydrogen (secondary N) is 1. The van der Waals surface area contributed by atoms with Crippen molar-refractivity contribution in [2.45, 2.75) is 6.04 Å². The highest BCUT2D eigenvalue weighted by Crippen LogP contribution is 2.14. The summed E-state index contributed by atoms with van der Waals surface area (Å²) in [6.45, 7) is 0.738. The summed E-state index contributed by atoms with van der Waals surface area (Å²) in [7, 11) is 0. The molecule has 0 radical (unpaired) electrons. The molecule has 1 saturated heterocycles. The monoisotopic (exact) mass is 177 g/mol. The summed E-state index contributed by atoms with van der Waals surface area (Å²) >= 11 is 0. The zero-order valence-corrected chi connectivity index (χ0v) is 7.19. The van der Waals surface area contributed by atoms with Gasteiger partial charge in [-0.15, -0.1) is 0 Å². The highest BCUT2D eigenvalue weighted by Gasteiger charge is 2.19. The van der Waals surface area contributed by atoms with E-state index in [1.165, 1.54) is 0 Å². The molecule has 3 heteroatoms. The van der Waals surface area contributed by atoms with Gasteiger partial charge in [0.25, 0.3) is 0 Å². The van der Waals surface area contributed by atoms with Crippen LogP contribution in [0.5, 0.6) is 0 Å². The highest BCUT2D eigenvalue weighted by atomic mass is 16.5. The van der Waals surface area contributed by atoms with E-state index in [0.717, 1.165) is 5.56 Å². The lowest BCUT2D eigenvalue weighted by molar-refractivity contribution is -0.147. The van der Waals surface area contributed by atoms with Crippen LogP contribution in [-0.2, 0) is 9.53 Å². The first kappa shape index (κ1) is 8.26. The number of hydrogen-bond donors (Lipinski definition) is 1. The maximum Gasteiger partial charge on any atom is 0.320 e. The van der Waals surface area contributed by atoms with Crippen LogP contribution >= 0.6 is 0 Å². The number of esters is 1. The van der Waals surface area contributed by atoms with Gasteiger partial charge in [-0.2, -0.15) is 0 Å². The molecule has 0 spiro atoms. The fourth-order valence-electron chi connectivity index (χ4n) is 1.39. The van der Waals surface area contributed by atoms with E-state index in [9.17, 15) is 4.79 Å². The summed E-state index contributed by atoms with van der Waals surface area (Å²) in [5.41, 5.74) is 1.16. The zero-order chi connectivity index (χ0) is 9.10. The molecule has 1 heterocycles. The number of hydrogen-bond acceptors (Lipinski definition) is 3. The zero-order valence-electron chi connectivity index (χ0n) is 7.19. The van der Waals surface area contributed by atoms with E-state index < -0.39 is 0 Å². The predicted octanol–water partition coefficient (Wildman–Crippen LogP) is 0.874. The van der Waals surface area contributed by atoms with Crippen molar-refractivity contribution in [3.63, 3.8) is 0 Å². The number of ether oxygens (including phenoxy) is 1. The topological polar surface area (TPSA) is 38.3 Å². The van der Waals surface area contributed by atoms with Crippen molar-refractivity contribution in [1.82, 2.24) is 5.32 Å². The molecule has 0 amide bonds. The van der Waals surface area contributed by atoms with Gasteiger partial charge in [0.1, 0.15) is 6.61 Å². The van der Waals surface area contributed by atoms with Crippen molar-refractivity contribution in [3.8, 4) is 0 Å². The number of cyclic esters (lactones) is 1. The fourth-order valence-corrected chi connectivity index (χ4v) is 1.39. The summed E-state index contributed by atoms with van der Waals surface area (Å²) in [4.78, 5) is 10.8. The van der Waals surface area contributed by atoms with Crippen LogP contribution in [0.4, 0.5) is 0 Å². The second kappa shape index (κ2) is 3.58. The normalized spacial score (nSPS) is 22.5. The van der Waals surface area contributed by atoms with Crippen LogP contribution in [0.2, 0.25) is 0 Å².